The SMILES string of the molecule is CC(C)C[C@]1(O)CCN(C(=O)CNC(=O)c2ccccc2)C[C@@H]1Oc1ccc(F)cc1. The number of aliphatic hydroxyl groups is 1. The number of hydrogen-bond donors (Lipinski definition) is 2. The van der Waals surface area contributed by atoms with Crippen molar-refractivity contribution in [2.45, 2.75) is 38.4 Å². The molecule has 1 aliphatic heterocycles. The third-order valence-corrected chi connectivity index (χ3v) is 5.44. The molecule has 0 saturated carbocycles. The molecule has 0 radical (unpaired) electrons. The van der Waals surface area contributed by atoms with E-state index in [0.717, 1.165) is 0 Å². The minimum absolute atomic E-state index is 0.139. The summed E-state index contributed by atoms with van der Waals surface area (Å²) >= 11 is 0. The highest BCUT2D eigenvalue weighted by Gasteiger charge is 2.44. The second kappa shape index (κ2) is 9.92. The van der Waals surface area contributed by atoms with E-state index in [0.29, 0.717) is 30.7 Å². The van der Waals surface area contributed by atoms with Gasteiger partial charge in [-0.2, -0.15) is 0 Å². The van der Waals surface area contributed by atoms with E-state index >= 15 is 0 Å². The molecule has 31 heavy (non-hydrogen) atoms. The Hall–Kier alpha value is -2.93. The number of ether oxygens (including phenoxy) is 1. The van der Waals surface area contributed by atoms with Crippen molar-refractivity contribution in [1.82, 2.24) is 10.2 Å². The minimum Gasteiger partial charge on any atom is -0.486 e. The molecule has 2 N–H and O–H groups in total. The number of hydrogen-bond acceptors (Lipinski definition) is 4. The van der Waals surface area contributed by atoms with Crippen LogP contribution in [0, 0.1) is 11.7 Å². The van der Waals surface area contributed by atoms with Crippen molar-refractivity contribution in [1.29, 1.82) is 0 Å². The number of carbonyl (C=O) groups is 2. The summed E-state index contributed by atoms with van der Waals surface area (Å²) in [6, 6.07) is 14.3. The Morgan fingerprint density at radius 1 is 1.19 bits per heavy atom. The van der Waals surface area contributed by atoms with Gasteiger partial charge in [-0.25, -0.2) is 4.39 Å². The Bertz CT molecular complexity index is 888. The van der Waals surface area contributed by atoms with Crippen molar-refractivity contribution >= 4 is 11.8 Å². The fraction of sp³-hybridized carbons (Fsp3) is 0.417. The van der Waals surface area contributed by atoms with Crippen molar-refractivity contribution in [3.8, 4) is 5.75 Å². The number of carbonyl (C=O) groups excluding carboxylic acids is 2. The van der Waals surface area contributed by atoms with Crippen LogP contribution in [-0.4, -0.2) is 53.2 Å². The van der Waals surface area contributed by atoms with Crippen LogP contribution in [0.1, 0.15) is 37.0 Å². The van der Waals surface area contributed by atoms with Crippen molar-refractivity contribution in [3.05, 3.63) is 66.0 Å². The summed E-state index contributed by atoms with van der Waals surface area (Å²) in [7, 11) is 0. The number of likely N-dealkylation sites (tertiary alicyclic amines) is 1. The van der Waals surface area contributed by atoms with Crippen LogP contribution in [0.5, 0.6) is 5.75 Å². The minimum atomic E-state index is -1.10. The third-order valence-electron chi connectivity index (χ3n) is 5.44. The summed E-state index contributed by atoms with van der Waals surface area (Å²) in [5.74, 6) is -0.277. The summed E-state index contributed by atoms with van der Waals surface area (Å²) in [6.07, 6.45) is 0.212. The Balaban J connectivity index is 1.66. The van der Waals surface area contributed by atoms with Crippen LogP contribution >= 0.6 is 0 Å². The number of amides is 2. The maximum atomic E-state index is 13.2. The molecule has 2 aromatic carbocycles. The van der Waals surface area contributed by atoms with Crippen LogP contribution in [0.2, 0.25) is 0 Å². The summed E-state index contributed by atoms with van der Waals surface area (Å²) in [4.78, 5) is 26.5. The van der Waals surface area contributed by atoms with E-state index < -0.39 is 11.7 Å². The molecule has 6 nitrogen and oxygen atoms in total. The smallest absolute Gasteiger partial charge is 0.251 e. The van der Waals surface area contributed by atoms with Gasteiger partial charge in [0.25, 0.3) is 5.91 Å². The van der Waals surface area contributed by atoms with E-state index in [-0.39, 0.29) is 36.6 Å². The maximum absolute atomic E-state index is 13.2. The van der Waals surface area contributed by atoms with Crippen molar-refractivity contribution in [2.24, 2.45) is 5.92 Å². The monoisotopic (exact) mass is 428 g/mol. The van der Waals surface area contributed by atoms with Crippen LogP contribution in [0.4, 0.5) is 4.39 Å². The van der Waals surface area contributed by atoms with Crippen LogP contribution in [0.25, 0.3) is 0 Å². The normalized spacial score (nSPS) is 21.1. The van der Waals surface area contributed by atoms with Crippen molar-refractivity contribution < 1.29 is 23.8 Å². The average Bonchev–Trinajstić information content (AvgIpc) is 2.75. The molecule has 2 amide bonds. The molecule has 0 aliphatic carbocycles. The summed E-state index contributed by atoms with van der Waals surface area (Å²) in [6.45, 7) is 4.44. The number of nitrogens with one attached hydrogen (secondary N) is 1. The highest BCUT2D eigenvalue weighted by Crippen LogP contribution is 2.32. The first-order valence-electron chi connectivity index (χ1n) is 10.5. The molecular weight excluding hydrogens is 399 g/mol. The number of halogens is 1. The number of nitrogens with zero attached hydrogens (tertiary/aromatic N) is 1. The lowest BCUT2D eigenvalue weighted by molar-refractivity contribution is -0.147. The zero-order valence-electron chi connectivity index (χ0n) is 17.9. The zero-order chi connectivity index (χ0) is 22.4. The Morgan fingerprint density at radius 2 is 1.87 bits per heavy atom. The standard InChI is InChI=1S/C24H29FN2O4/c1-17(2)14-24(30)12-13-27(16-21(24)31-20-10-8-19(25)9-11-20)22(28)15-26-23(29)18-6-4-3-5-7-18/h3-11,17,21,30H,12-16H2,1-2H3,(H,26,29)/t21-,24+/m0/s1. The topological polar surface area (TPSA) is 78.9 Å². The van der Waals surface area contributed by atoms with Gasteiger partial charge in [0.05, 0.1) is 13.1 Å². The lowest BCUT2D eigenvalue weighted by atomic mass is 9.81. The second-order valence-corrected chi connectivity index (χ2v) is 8.40. The molecule has 7 heteroatoms. The number of benzene rings is 2. The molecular formula is C24H29FN2O4. The molecule has 1 heterocycles. The van der Waals surface area contributed by atoms with E-state index in [1.54, 1.807) is 29.2 Å². The van der Waals surface area contributed by atoms with E-state index in [4.69, 9.17) is 4.74 Å². The van der Waals surface area contributed by atoms with Crippen molar-refractivity contribution in [3.63, 3.8) is 0 Å². The van der Waals surface area contributed by atoms with Gasteiger partial charge in [-0.3, -0.25) is 9.59 Å². The highest BCUT2D eigenvalue weighted by molar-refractivity contribution is 5.96. The summed E-state index contributed by atoms with van der Waals surface area (Å²) in [5, 5.41) is 13.9. The van der Waals surface area contributed by atoms with Gasteiger partial charge in [0.15, 0.2) is 0 Å². The molecule has 1 aliphatic rings. The predicted molar refractivity (Wildman–Crippen MR) is 115 cm³/mol. The first-order valence-corrected chi connectivity index (χ1v) is 10.5. The average molecular weight is 429 g/mol. The number of piperidine rings is 1. The summed E-state index contributed by atoms with van der Waals surface area (Å²) < 4.78 is 19.2. The van der Waals surface area contributed by atoms with Gasteiger partial charge >= 0.3 is 0 Å². The van der Waals surface area contributed by atoms with Crippen LogP contribution < -0.4 is 10.1 Å². The molecule has 1 fully saturated rings. The molecule has 166 valence electrons. The molecule has 0 spiro atoms. The van der Waals surface area contributed by atoms with Gasteiger partial charge in [0.2, 0.25) is 5.91 Å². The fourth-order valence-electron chi connectivity index (χ4n) is 3.90. The van der Waals surface area contributed by atoms with Crippen LogP contribution in [-0.2, 0) is 4.79 Å². The second-order valence-electron chi connectivity index (χ2n) is 8.40. The van der Waals surface area contributed by atoms with Gasteiger partial charge < -0.3 is 20.1 Å². The first kappa shape index (κ1) is 22.7. The molecule has 3 rings (SSSR count). The van der Waals surface area contributed by atoms with E-state index in [9.17, 15) is 19.1 Å². The summed E-state index contributed by atoms with van der Waals surface area (Å²) in [5.41, 5.74) is -0.620. The Kier molecular flexibility index (Phi) is 7.28. The molecule has 1 saturated heterocycles. The Labute approximate surface area is 182 Å². The molecule has 0 bridgehead atoms. The predicted octanol–water partition coefficient (Wildman–Crippen LogP) is 3.01. The molecule has 0 aromatic heterocycles. The van der Waals surface area contributed by atoms with E-state index in [1.165, 1.54) is 24.3 Å². The van der Waals surface area contributed by atoms with Gasteiger partial charge in [-0.05, 0) is 55.2 Å². The van der Waals surface area contributed by atoms with Gasteiger partial charge in [-0.15, -0.1) is 0 Å². The lowest BCUT2D eigenvalue weighted by Crippen LogP contribution is -2.60. The fourth-order valence-corrected chi connectivity index (χ4v) is 3.90. The maximum Gasteiger partial charge on any atom is 0.251 e. The van der Waals surface area contributed by atoms with E-state index in [2.05, 4.69) is 5.32 Å². The molecule has 0 unspecified atom stereocenters. The van der Waals surface area contributed by atoms with E-state index in [1.807, 2.05) is 19.9 Å². The van der Waals surface area contributed by atoms with Crippen LogP contribution in [0.15, 0.2) is 54.6 Å². The first-order chi connectivity index (χ1) is 14.8. The van der Waals surface area contributed by atoms with Crippen molar-refractivity contribution in [2.75, 3.05) is 19.6 Å². The highest BCUT2D eigenvalue weighted by atomic mass is 19.1. The Morgan fingerprint density at radius 3 is 2.52 bits per heavy atom. The third kappa shape index (κ3) is 6.04. The van der Waals surface area contributed by atoms with Gasteiger partial charge in [0, 0.05) is 12.1 Å². The van der Waals surface area contributed by atoms with Crippen LogP contribution in [0.3, 0.4) is 0 Å². The number of rotatable bonds is 7. The molecule has 2 aromatic rings. The van der Waals surface area contributed by atoms with Gasteiger partial charge in [0.1, 0.15) is 23.3 Å². The largest absolute Gasteiger partial charge is 0.486 e. The molecule has 2 atom stereocenters. The van der Waals surface area contributed by atoms with Gasteiger partial charge in [-0.1, -0.05) is 32.0 Å². The lowest BCUT2D eigenvalue weighted by Gasteiger charge is -2.45. The zero-order valence-corrected chi connectivity index (χ0v) is 17.9. The quantitative estimate of drug-likeness (QED) is 0.711.